The number of ether oxygens (including phenoxy) is 1. The zero-order valence-corrected chi connectivity index (χ0v) is 13.1. The topological polar surface area (TPSA) is 87.2 Å². The zero-order valence-electron chi connectivity index (χ0n) is 12.3. The van der Waals surface area contributed by atoms with Gasteiger partial charge in [-0.2, -0.15) is 0 Å². The van der Waals surface area contributed by atoms with Crippen LogP contribution in [0.4, 0.5) is 0 Å². The summed E-state index contributed by atoms with van der Waals surface area (Å²) < 4.78 is 30.5. The van der Waals surface area contributed by atoms with E-state index in [1.165, 1.54) is 12.1 Å². The van der Waals surface area contributed by atoms with Crippen molar-refractivity contribution in [2.45, 2.75) is 32.2 Å². The lowest BCUT2D eigenvalue weighted by Gasteiger charge is -2.14. The summed E-state index contributed by atoms with van der Waals surface area (Å²) in [7, 11) is -3.69. The smallest absolute Gasteiger partial charge is 0.238 e. The maximum Gasteiger partial charge on any atom is 0.238 e. The molecule has 0 aliphatic heterocycles. The molecule has 21 heavy (non-hydrogen) atoms. The first kappa shape index (κ1) is 15.5. The number of rotatable bonds is 5. The van der Waals surface area contributed by atoms with Crippen molar-refractivity contribution in [2.75, 3.05) is 6.61 Å². The van der Waals surface area contributed by atoms with Crippen molar-refractivity contribution in [3.05, 3.63) is 41.5 Å². The lowest BCUT2D eigenvalue weighted by Crippen LogP contribution is -2.14. The van der Waals surface area contributed by atoms with Crippen molar-refractivity contribution in [1.29, 1.82) is 0 Å². The molecule has 7 heteroatoms. The highest BCUT2D eigenvalue weighted by Crippen LogP contribution is 2.26. The molecule has 114 valence electrons. The van der Waals surface area contributed by atoms with Crippen molar-refractivity contribution in [2.24, 2.45) is 5.14 Å². The van der Waals surface area contributed by atoms with Gasteiger partial charge in [0, 0.05) is 12.4 Å². The van der Waals surface area contributed by atoms with Gasteiger partial charge in [-0.25, -0.2) is 18.5 Å². The second-order valence-electron chi connectivity index (χ2n) is 4.95. The standard InChI is InChI=1S/C14H19N3O3S/c1-10-8-13(21(15,18)19)9-11(2)14(10)20-7-6-17-5-4-16-12(17)3/h4-5,8-9H,6-7H2,1-3H3,(H2,15,18,19). The highest BCUT2D eigenvalue weighted by Gasteiger charge is 2.13. The fourth-order valence-electron chi connectivity index (χ4n) is 2.19. The third-order valence-electron chi connectivity index (χ3n) is 3.26. The summed E-state index contributed by atoms with van der Waals surface area (Å²) in [5, 5.41) is 5.15. The van der Waals surface area contributed by atoms with Crippen LogP contribution in [0.5, 0.6) is 5.75 Å². The number of imidazole rings is 1. The summed E-state index contributed by atoms with van der Waals surface area (Å²) in [6.07, 6.45) is 3.63. The number of primary sulfonamides is 1. The molecule has 0 bridgehead atoms. The average molecular weight is 309 g/mol. The van der Waals surface area contributed by atoms with E-state index in [4.69, 9.17) is 9.88 Å². The van der Waals surface area contributed by atoms with Crippen LogP contribution >= 0.6 is 0 Å². The zero-order chi connectivity index (χ0) is 15.6. The molecule has 2 rings (SSSR count). The molecule has 1 aromatic carbocycles. The van der Waals surface area contributed by atoms with E-state index >= 15 is 0 Å². The van der Waals surface area contributed by atoms with E-state index in [-0.39, 0.29) is 4.90 Å². The Morgan fingerprint density at radius 1 is 1.24 bits per heavy atom. The number of aryl methyl sites for hydroxylation is 3. The molecule has 0 radical (unpaired) electrons. The molecule has 0 aliphatic rings. The first-order valence-corrected chi connectivity index (χ1v) is 8.08. The van der Waals surface area contributed by atoms with Gasteiger partial charge >= 0.3 is 0 Å². The Morgan fingerprint density at radius 3 is 2.33 bits per heavy atom. The number of nitrogens with two attached hydrogens (primary N) is 1. The maximum atomic E-state index is 11.4. The third kappa shape index (κ3) is 3.62. The Balaban J connectivity index is 2.12. The summed E-state index contributed by atoms with van der Waals surface area (Å²) in [4.78, 5) is 4.25. The lowest BCUT2D eigenvalue weighted by atomic mass is 10.1. The van der Waals surface area contributed by atoms with Gasteiger partial charge in [-0.15, -0.1) is 0 Å². The normalized spacial score (nSPS) is 11.6. The molecule has 6 nitrogen and oxygen atoms in total. The molecule has 2 N–H and O–H groups in total. The largest absolute Gasteiger partial charge is 0.491 e. The summed E-state index contributed by atoms with van der Waals surface area (Å²) in [5.41, 5.74) is 1.50. The van der Waals surface area contributed by atoms with Gasteiger partial charge < -0.3 is 9.30 Å². The van der Waals surface area contributed by atoms with Gasteiger partial charge in [0.15, 0.2) is 0 Å². The van der Waals surface area contributed by atoms with Crippen LogP contribution in [0.2, 0.25) is 0 Å². The van der Waals surface area contributed by atoms with E-state index < -0.39 is 10.0 Å². The number of hydrogen-bond acceptors (Lipinski definition) is 4. The molecule has 0 unspecified atom stereocenters. The van der Waals surface area contributed by atoms with E-state index in [1.807, 2.05) is 17.7 Å². The molecule has 0 aliphatic carbocycles. The first-order chi connectivity index (χ1) is 9.79. The molecule has 1 heterocycles. The SMILES string of the molecule is Cc1cc(S(N)(=O)=O)cc(C)c1OCCn1ccnc1C. The molecule has 1 aromatic heterocycles. The Labute approximate surface area is 124 Å². The van der Waals surface area contributed by atoms with Gasteiger partial charge in [0.05, 0.1) is 11.4 Å². The molecule has 0 amide bonds. The average Bonchev–Trinajstić information content (AvgIpc) is 2.77. The molecule has 0 saturated carbocycles. The molecule has 0 saturated heterocycles. The van der Waals surface area contributed by atoms with Crippen molar-refractivity contribution in [3.63, 3.8) is 0 Å². The Morgan fingerprint density at radius 2 is 1.86 bits per heavy atom. The number of nitrogens with zero attached hydrogens (tertiary/aromatic N) is 2. The van der Waals surface area contributed by atoms with Gasteiger partial charge in [0.25, 0.3) is 0 Å². The third-order valence-corrected chi connectivity index (χ3v) is 4.16. The Hall–Kier alpha value is -1.86. The van der Waals surface area contributed by atoms with E-state index in [0.717, 1.165) is 17.0 Å². The fraction of sp³-hybridized carbons (Fsp3) is 0.357. The minimum Gasteiger partial charge on any atom is -0.491 e. The molecular formula is C14H19N3O3S. The van der Waals surface area contributed by atoms with Crippen LogP contribution in [0.15, 0.2) is 29.4 Å². The van der Waals surface area contributed by atoms with Crippen LogP contribution in [0.3, 0.4) is 0 Å². The lowest BCUT2D eigenvalue weighted by molar-refractivity contribution is 0.293. The predicted molar refractivity (Wildman–Crippen MR) is 79.7 cm³/mol. The van der Waals surface area contributed by atoms with Crippen LogP contribution in [-0.4, -0.2) is 24.6 Å². The summed E-state index contributed by atoms with van der Waals surface area (Å²) in [6.45, 7) is 6.70. The highest BCUT2D eigenvalue weighted by atomic mass is 32.2. The van der Waals surface area contributed by atoms with Crippen molar-refractivity contribution < 1.29 is 13.2 Å². The van der Waals surface area contributed by atoms with Gasteiger partial charge in [0.2, 0.25) is 10.0 Å². The van der Waals surface area contributed by atoms with Crippen LogP contribution in [0.1, 0.15) is 17.0 Å². The van der Waals surface area contributed by atoms with Crippen LogP contribution in [0, 0.1) is 20.8 Å². The minimum atomic E-state index is -3.69. The second kappa shape index (κ2) is 5.87. The minimum absolute atomic E-state index is 0.107. The van der Waals surface area contributed by atoms with Crippen molar-refractivity contribution >= 4 is 10.0 Å². The van der Waals surface area contributed by atoms with Gasteiger partial charge in [-0.3, -0.25) is 0 Å². The maximum absolute atomic E-state index is 11.4. The summed E-state index contributed by atoms with van der Waals surface area (Å²) >= 11 is 0. The van der Waals surface area contributed by atoms with E-state index in [2.05, 4.69) is 4.98 Å². The van der Waals surface area contributed by atoms with Crippen molar-refractivity contribution in [1.82, 2.24) is 9.55 Å². The van der Waals surface area contributed by atoms with Gasteiger partial charge in [0.1, 0.15) is 18.2 Å². The van der Waals surface area contributed by atoms with Gasteiger partial charge in [-0.05, 0) is 44.0 Å². The van der Waals surface area contributed by atoms with Crippen LogP contribution in [-0.2, 0) is 16.6 Å². The van der Waals surface area contributed by atoms with E-state index in [0.29, 0.717) is 18.9 Å². The molecule has 0 spiro atoms. The Kier molecular flexibility index (Phi) is 4.34. The number of benzene rings is 1. The van der Waals surface area contributed by atoms with Gasteiger partial charge in [-0.1, -0.05) is 0 Å². The van der Waals surface area contributed by atoms with E-state index in [1.54, 1.807) is 20.0 Å². The molecular weight excluding hydrogens is 290 g/mol. The number of hydrogen-bond donors (Lipinski definition) is 1. The summed E-state index contributed by atoms with van der Waals surface area (Å²) in [5.74, 6) is 1.62. The monoisotopic (exact) mass is 309 g/mol. The Bertz CT molecular complexity index is 728. The summed E-state index contributed by atoms with van der Waals surface area (Å²) in [6, 6.07) is 3.06. The molecule has 0 atom stereocenters. The van der Waals surface area contributed by atoms with E-state index in [9.17, 15) is 8.42 Å². The number of aromatic nitrogens is 2. The molecule has 2 aromatic rings. The van der Waals surface area contributed by atoms with Crippen molar-refractivity contribution in [3.8, 4) is 5.75 Å². The second-order valence-corrected chi connectivity index (χ2v) is 6.51. The highest BCUT2D eigenvalue weighted by molar-refractivity contribution is 7.89. The predicted octanol–water partition coefficient (Wildman–Crippen LogP) is 1.53. The fourth-order valence-corrected chi connectivity index (χ4v) is 2.87. The van der Waals surface area contributed by atoms with Crippen LogP contribution in [0.25, 0.3) is 0 Å². The van der Waals surface area contributed by atoms with Crippen LogP contribution < -0.4 is 9.88 Å². The first-order valence-electron chi connectivity index (χ1n) is 6.53. The number of sulfonamides is 1. The quantitative estimate of drug-likeness (QED) is 0.907. The molecule has 0 fully saturated rings.